The number of oxime groups is 1. The normalized spacial score (nSPS) is 18.8. The van der Waals surface area contributed by atoms with E-state index < -0.39 is 0 Å². The first-order valence-corrected chi connectivity index (χ1v) is 17.0. The van der Waals surface area contributed by atoms with Gasteiger partial charge in [-0.1, -0.05) is 57.6 Å². The van der Waals surface area contributed by atoms with E-state index in [4.69, 9.17) is 46.4 Å². The maximum Gasteiger partial charge on any atom is 0.254 e. The van der Waals surface area contributed by atoms with Crippen LogP contribution in [0.5, 0.6) is 0 Å². The summed E-state index contributed by atoms with van der Waals surface area (Å²) in [5.74, 6) is -0.829. The molecule has 2 aromatic rings. The predicted octanol–water partition coefficient (Wildman–Crippen LogP) is 6.56. The van der Waals surface area contributed by atoms with Crippen LogP contribution in [0.25, 0.3) is 0 Å². The molecule has 0 aliphatic carbocycles. The molecule has 0 radical (unpaired) electrons. The highest BCUT2D eigenvalue weighted by Crippen LogP contribution is 2.31. The first-order chi connectivity index (χ1) is 21.9. The third kappa shape index (κ3) is 9.28. The molecule has 4 rings (SSSR count). The molecule has 2 heterocycles. The average Bonchev–Trinajstić information content (AvgIpc) is 3.02. The largest absolute Gasteiger partial charge is 0.411 e. The molecule has 46 heavy (non-hydrogen) atoms. The lowest BCUT2D eigenvalue weighted by molar-refractivity contribution is -0.146. The second-order valence-electron chi connectivity index (χ2n) is 12.4. The van der Waals surface area contributed by atoms with Gasteiger partial charge in [0.25, 0.3) is 5.91 Å². The van der Waals surface area contributed by atoms with Gasteiger partial charge < -0.3 is 24.8 Å². The minimum Gasteiger partial charge on any atom is -0.411 e. The summed E-state index contributed by atoms with van der Waals surface area (Å²) in [6.45, 7) is 3.11. The standard InChI is InChI=1S/C33H41Cl4N5O4/c1-39(2)31(43)18-22-5-4-11-42(33(22)45)26-8-12-41(13-9-26)14-10-27(21-6-7-28(36)29(37)17-21)30(38-46)20-40(3)32(44)23-15-24(34)19-25(35)16-23/h6-7,15-17,19,22,26-27,46H,4-5,8-14,18,20H2,1-3H3/b38-30+/t22?,27-/m1/s1. The lowest BCUT2D eigenvalue weighted by Crippen LogP contribution is -2.52. The molecule has 2 aliphatic heterocycles. The van der Waals surface area contributed by atoms with Gasteiger partial charge in [0.05, 0.1) is 22.3 Å². The van der Waals surface area contributed by atoms with Crippen LogP contribution >= 0.6 is 46.4 Å². The Balaban J connectivity index is 1.41. The molecule has 1 N–H and O–H groups in total. The van der Waals surface area contributed by atoms with Crippen LogP contribution in [0.2, 0.25) is 20.1 Å². The number of hydrogen-bond donors (Lipinski definition) is 1. The van der Waals surface area contributed by atoms with Crippen LogP contribution in [0.1, 0.15) is 60.4 Å². The van der Waals surface area contributed by atoms with Crippen molar-refractivity contribution in [3.05, 3.63) is 67.6 Å². The van der Waals surface area contributed by atoms with E-state index in [1.165, 1.54) is 4.90 Å². The van der Waals surface area contributed by atoms with E-state index in [9.17, 15) is 19.6 Å². The van der Waals surface area contributed by atoms with Gasteiger partial charge in [0.15, 0.2) is 0 Å². The Morgan fingerprint density at radius 3 is 2.24 bits per heavy atom. The van der Waals surface area contributed by atoms with Gasteiger partial charge in [-0.3, -0.25) is 14.4 Å². The summed E-state index contributed by atoms with van der Waals surface area (Å²) in [6, 6.07) is 10.1. The molecule has 2 saturated heterocycles. The number of rotatable bonds is 11. The Kier molecular flexibility index (Phi) is 13.0. The minimum atomic E-state index is -0.352. The van der Waals surface area contributed by atoms with Crippen molar-refractivity contribution in [3.63, 3.8) is 0 Å². The summed E-state index contributed by atoms with van der Waals surface area (Å²) in [5.41, 5.74) is 1.55. The summed E-state index contributed by atoms with van der Waals surface area (Å²) in [7, 11) is 5.07. The number of amides is 3. The number of halogens is 4. The van der Waals surface area contributed by atoms with Crippen molar-refractivity contribution in [1.29, 1.82) is 0 Å². The van der Waals surface area contributed by atoms with E-state index in [-0.39, 0.29) is 48.6 Å². The Morgan fingerprint density at radius 2 is 1.63 bits per heavy atom. The molecule has 0 aromatic heterocycles. The third-order valence-electron chi connectivity index (χ3n) is 8.97. The van der Waals surface area contributed by atoms with Crippen molar-refractivity contribution in [3.8, 4) is 0 Å². The Hall–Kier alpha value is -2.56. The summed E-state index contributed by atoms with van der Waals surface area (Å²) in [5, 5.41) is 15.3. The zero-order valence-corrected chi connectivity index (χ0v) is 29.4. The molecule has 0 saturated carbocycles. The average molecular weight is 714 g/mol. The molecule has 9 nitrogen and oxygen atoms in total. The first kappa shape index (κ1) is 36.3. The van der Waals surface area contributed by atoms with Crippen LogP contribution in [-0.2, 0) is 9.59 Å². The summed E-state index contributed by atoms with van der Waals surface area (Å²) < 4.78 is 0. The second kappa shape index (κ2) is 16.5. The molecular weight excluding hydrogens is 672 g/mol. The molecule has 0 spiro atoms. The molecule has 2 atom stereocenters. The van der Waals surface area contributed by atoms with Gasteiger partial charge in [0.1, 0.15) is 0 Å². The second-order valence-corrected chi connectivity index (χ2v) is 14.0. The first-order valence-electron chi connectivity index (χ1n) is 15.5. The number of piperidine rings is 2. The number of carbonyl (C=O) groups excluding carboxylic acids is 3. The van der Waals surface area contributed by atoms with E-state index in [1.54, 1.807) is 56.4 Å². The smallest absolute Gasteiger partial charge is 0.254 e. The van der Waals surface area contributed by atoms with Crippen LogP contribution in [0.15, 0.2) is 41.6 Å². The molecule has 0 bridgehead atoms. The monoisotopic (exact) mass is 711 g/mol. The fraction of sp³-hybridized carbons (Fsp3) is 0.515. The van der Waals surface area contributed by atoms with Gasteiger partial charge >= 0.3 is 0 Å². The van der Waals surface area contributed by atoms with Gasteiger partial charge in [-0.2, -0.15) is 0 Å². The Morgan fingerprint density at radius 1 is 0.957 bits per heavy atom. The number of likely N-dealkylation sites (tertiary alicyclic amines) is 2. The fourth-order valence-corrected chi connectivity index (χ4v) is 7.20. The zero-order valence-electron chi connectivity index (χ0n) is 26.4. The third-order valence-corrected chi connectivity index (χ3v) is 10.1. The van der Waals surface area contributed by atoms with E-state index in [2.05, 4.69) is 10.1 Å². The SMILES string of the molecule is CN(C)C(=O)CC1CCCN(C2CCN(CC[C@@H](/C(CN(C)C(=O)c3cc(Cl)cc(Cl)c3)=N/O)c3ccc(Cl)c(Cl)c3)CC2)C1=O. The number of nitrogens with zero attached hydrogens (tertiary/aromatic N) is 5. The quantitative estimate of drug-likeness (QED) is 0.162. The van der Waals surface area contributed by atoms with Crippen LogP contribution < -0.4 is 0 Å². The summed E-state index contributed by atoms with van der Waals surface area (Å²) >= 11 is 24.8. The van der Waals surface area contributed by atoms with Crippen molar-refractivity contribution >= 4 is 69.8 Å². The predicted molar refractivity (Wildman–Crippen MR) is 184 cm³/mol. The molecule has 3 amide bonds. The van der Waals surface area contributed by atoms with Crippen molar-refractivity contribution in [2.75, 3.05) is 53.9 Å². The van der Waals surface area contributed by atoms with Crippen molar-refractivity contribution in [1.82, 2.24) is 19.6 Å². The summed E-state index contributed by atoms with van der Waals surface area (Å²) in [4.78, 5) is 46.2. The maximum absolute atomic E-state index is 13.3. The maximum atomic E-state index is 13.3. The molecular formula is C33H41Cl4N5O4. The zero-order chi connectivity index (χ0) is 33.5. The van der Waals surface area contributed by atoms with Gasteiger partial charge in [0.2, 0.25) is 11.8 Å². The van der Waals surface area contributed by atoms with E-state index in [0.29, 0.717) is 44.3 Å². The van der Waals surface area contributed by atoms with Crippen LogP contribution in [0.4, 0.5) is 0 Å². The minimum absolute atomic E-state index is 0.0123. The van der Waals surface area contributed by atoms with E-state index in [1.807, 2.05) is 11.0 Å². The number of benzene rings is 2. The Labute approximate surface area is 291 Å². The lowest BCUT2D eigenvalue weighted by atomic mass is 9.89. The molecule has 250 valence electrons. The van der Waals surface area contributed by atoms with Crippen LogP contribution in [0, 0.1) is 5.92 Å². The molecule has 2 aromatic carbocycles. The summed E-state index contributed by atoms with van der Waals surface area (Å²) in [6.07, 6.45) is 4.22. The highest BCUT2D eigenvalue weighted by Gasteiger charge is 2.36. The van der Waals surface area contributed by atoms with Crippen molar-refractivity contribution in [2.45, 2.75) is 50.5 Å². The Bertz CT molecular complexity index is 1430. The number of carbonyl (C=O) groups is 3. The highest BCUT2D eigenvalue weighted by molar-refractivity contribution is 6.42. The molecule has 13 heteroatoms. The topological polar surface area (TPSA) is 96.8 Å². The highest BCUT2D eigenvalue weighted by atomic mass is 35.5. The number of hydrogen-bond acceptors (Lipinski definition) is 6. The lowest BCUT2D eigenvalue weighted by Gasteiger charge is -2.42. The van der Waals surface area contributed by atoms with Gasteiger partial charge in [-0.25, -0.2) is 0 Å². The van der Waals surface area contributed by atoms with Crippen molar-refractivity contribution < 1.29 is 19.6 Å². The van der Waals surface area contributed by atoms with Gasteiger partial charge in [0, 0.05) is 80.7 Å². The van der Waals surface area contributed by atoms with E-state index >= 15 is 0 Å². The van der Waals surface area contributed by atoms with Crippen LogP contribution in [0.3, 0.4) is 0 Å². The van der Waals surface area contributed by atoms with Crippen LogP contribution in [-0.4, -0.2) is 108 Å². The molecule has 2 aliphatic rings. The van der Waals surface area contributed by atoms with Gasteiger partial charge in [-0.05, 0) is 74.5 Å². The van der Waals surface area contributed by atoms with Gasteiger partial charge in [-0.15, -0.1) is 0 Å². The van der Waals surface area contributed by atoms with E-state index in [0.717, 1.165) is 50.9 Å². The molecule has 1 unspecified atom stereocenters. The van der Waals surface area contributed by atoms with Crippen molar-refractivity contribution in [2.24, 2.45) is 11.1 Å². The molecule has 2 fully saturated rings. The fourth-order valence-electron chi connectivity index (χ4n) is 6.37.